The number of fused-ring (bicyclic) bond motifs is 1. The molecule has 3 aromatic rings. The number of nitrogens with zero attached hydrogens (tertiary/aromatic N) is 4. The third-order valence-electron chi connectivity index (χ3n) is 6.18. The number of aromatic nitrogens is 3. The maximum absolute atomic E-state index is 12.9. The number of halogens is 3. The molecule has 0 spiro atoms. The van der Waals surface area contributed by atoms with Crippen molar-refractivity contribution >= 4 is 21.7 Å². The van der Waals surface area contributed by atoms with Gasteiger partial charge in [0.25, 0.3) is 5.91 Å². The second kappa shape index (κ2) is 9.73. The Morgan fingerprint density at radius 1 is 1.08 bits per heavy atom. The molecule has 1 aliphatic heterocycles. The fourth-order valence-corrected chi connectivity index (χ4v) is 5.10. The van der Waals surface area contributed by atoms with Crippen LogP contribution >= 0.6 is 0 Å². The zero-order valence-electron chi connectivity index (χ0n) is 20.5. The summed E-state index contributed by atoms with van der Waals surface area (Å²) in [5, 5.41) is 2.80. The molecule has 0 fully saturated rings. The van der Waals surface area contributed by atoms with Crippen LogP contribution in [0.4, 0.5) is 19.1 Å². The van der Waals surface area contributed by atoms with Crippen LogP contribution in [0.25, 0.3) is 0 Å². The Labute approximate surface area is 212 Å². The fraction of sp³-hybridized carbons (Fsp3) is 0.360. The van der Waals surface area contributed by atoms with Gasteiger partial charge in [-0.25, -0.2) is 18.4 Å². The van der Waals surface area contributed by atoms with E-state index in [1.807, 2.05) is 13.8 Å². The lowest BCUT2D eigenvalue weighted by molar-refractivity contribution is -0.138. The highest BCUT2D eigenvalue weighted by Crippen LogP contribution is 2.34. The molecular weight excluding hydrogens is 507 g/mol. The topological polar surface area (TPSA) is 105 Å². The van der Waals surface area contributed by atoms with Crippen molar-refractivity contribution in [3.05, 3.63) is 76.9 Å². The second-order valence-corrected chi connectivity index (χ2v) is 11.7. The first-order valence-electron chi connectivity index (χ1n) is 11.5. The predicted octanol–water partition coefficient (Wildman–Crippen LogP) is 3.91. The van der Waals surface area contributed by atoms with Gasteiger partial charge < -0.3 is 10.2 Å². The van der Waals surface area contributed by atoms with Crippen molar-refractivity contribution in [1.29, 1.82) is 0 Å². The summed E-state index contributed by atoms with van der Waals surface area (Å²) in [6, 6.07) is 8.05. The Morgan fingerprint density at radius 3 is 2.32 bits per heavy atom. The lowest BCUT2D eigenvalue weighted by atomic mass is 9.82. The lowest BCUT2D eigenvalue weighted by Gasteiger charge is -2.39. The van der Waals surface area contributed by atoms with Gasteiger partial charge in [0.15, 0.2) is 9.84 Å². The summed E-state index contributed by atoms with van der Waals surface area (Å²) in [4.78, 5) is 27.2. The Bertz CT molecular complexity index is 1410. The summed E-state index contributed by atoms with van der Waals surface area (Å²) in [5.74, 6) is -0.190. The van der Waals surface area contributed by atoms with Crippen LogP contribution in [0.5, 0.6) is 0 Å². The smallest absolute Gasteiger partial charge is 0.348 e. The van der Waals surface area contributed by atoms with E-state index in [1.165, 1.54) is 18.3 Å². The minimum Gasteiger partial charge on any atom is -0.348 e. The molecule has 0 aliphatic carbocycles. The van der Waals surface area contributed by atoms with Crippen LogP contribution in [0.15, 0.2) is 53.8 Å². The van der Waals surface area contributed by atoms with E-state index in [0.29, 0.717) is 12.1 Å². The Kier molecular flexibility index (Phi) is 6.97. The molecule has 1 aliphatic rings. The summed E-state index contributed by atoms with van der Waals surface area (Å²) in [5.41, 5.74) is 1.22. The van der Waals surface area contributed by atoms with Crippen LogP contribution in [-0.4, -0.2) is 41.6 Å². The predicted molar refractivity (Wildman–Crippen MR) is 131 cm³/mol. The quantitative estimate of drug-likeness (QED) is 0.512. The van der Waals surface area contributed by atoms with Crippen LogP contribution in [0.1, 0.15) is 53.5 Å². The second-order valence-electron chi connectivity index (χ2n) is 9.47. The summed E-state index contributed by atoms with van der Waals surface area (Å²) in [7, 11) is -3.30. The molecule has 3 heterocycles. The number of alkyl halides is 3. The molecule has 0 unspecified atom stereocenters. The molecule has 1 aromatic carbocycles. The third kappa shape index (κ3) is 5.74. The van der Waals surface area contributed by atoms with Crippen LogP contribution in [-0.2, 0) is 34.5 Å². The van der Waals surface area contributed by atoms with Gasteiger partial charge in [0, 0.05) is 43.6 Å². The van der Waals surface area contributed by atoms with Gasteiger partial charge in [-0.15, -0.1) is 0 Å². The summed E-state index contributed by atoms with van der Waals surface area (Å²) in [6.07, 6.45) is -1.50. The van der Waals surface area contributed by atoms with Gasteiger partial charge >= 0.3 is 6.18 Å². The Hall–Kier alpha value is -3.54. The number of hydrogen-bond acceptors (Lipinski definition) is 7. The number of carbonyl (C=O) groups excluding carboxylic acids is 1. The zero-order valence-corrected chi connectivity index (χ0v) is 21.3. The lowest BCUT2D eigenvalue weighted by Crippen LogP contribution is -2.44. The molecule has 1 N–H and O–H groups in total. The van der Waals surface area contributed by atoms with E-state index in [0.717, 1.165) is 29.2 Å². The molecule has 0 atom stereocenters. The molecule has 37 heavy (non-hydrogen) atoms. The first-order valence-corrected chi connectivity index (χ1v) is 13.2. The van der Waals surface area contributed by atoms with Crippen molar-refractivity contribution in [2.24, 2.45) is 0 Å². The highest BCUT2D eigenvalue weighted by molar-refractivity contribution is 7.91. The zero-order chi connectivity index (χ0) is 27.0. The van der Waals surface area contributed by atoms with Crippen LogP contribution in [0.2, 0.25) is 0 Å². The van der Waals surface area contributed by atoms with Crippen molar-refractivity contribution in [3.63, 3.8) is 0 Å². The van der Waals surface area contributed by atoms with Gasteiger partial charge in [-0.3, -0.25) is 9.78 Å². The molecular formula is C25H26F3N5O3S. The fourth-order valence-electron chi connectivity index (χ4n) is 4.22. The molecule has 196 valence electrons. The van der Waals surface area contributed by atoms with Crippen LogP contribution in [0.3, 0.4) is 0 Å². The highest BCUT2D eigenvalue weighted by Gasteiger charge is 2.36. The summed E-state index contributed by atoms with van der Waals surface area (Å²) in [6.45, 7) is 6.40. The molecule has 0 bridgehead atoms. The van der Waals surface area contributed by atoms with Crippen LogP contribution < -0.4 is 10.2 Å². The monoisotopic (exact) mass is 533 g/mol. The van der Waals surface area contributed by atoms with Crippen LogP contribution in [0, 0.1) is 0 Å². The van der Waals surface area contributed by atoms with Crippen molar-refractivity contribution in [1.82, 2.24) is 20.3 Å². The van der Waals surface area contributed by atoms with Crippen molar-refractivity contribution in [3.8, 4) is 0 Å². The number of benzene rings is 1. The molecule has 0 saturated carbocycles. The highest BCUT2D eigenvalue weighted by atomic mass is 32.2. The molecule has 1 amide bonds. The average Bonchev–Trinajstić information content (AvgIpc) is 2.86. The van der Waals surface area contributed by atoms with Gasteiger partial charge in [-0.1, -0.05) is 32.9 Å². The summed E-state index contributed by atoms with van der Waals surface area (Å²) < 4.78 is 62.6. The molecule has 0 saturated heterocycles. The molecule has 4 rings (SSSR count). The standard InChI is InChI=1S/C25H26F3N5O3S/c1-4-37(35,36)20-7-5-16(6-8-20)10-30-22(34)17-9-18-14-33(15-24(2,3)21(18)29-11-17)23-31-12-19(13-32-23)25(26,27)28/h5-9,11-13H,4,10,14-15H2,1-3H3,(H,30,34). The molecule has 2 aromatic heterocycles. The van der Waals surface area contributed by atoms with Crippen molar-refractivity contribution < 1.29 is 26.4 Å². The number of rotatable bonds is 6. The minimum atomic E-state index is -4.52. The first-order chi connectivity index (χ1) is 17.3. The van der Waals surface area contributed by atoms with Gasteiger partial charge in [-0.05, 0) is 29.3 Å². The molecule has 12 heteroatoms. The number of carbonyl (C=O) groups is 1. The third-order valence-corrected chi connectivity index (χ3v) is 7.93. The van der Waals surface area contributed by atoms with E-state index in [1.54, 1.807) is 30.0 Å². The number of anilines is 1. The number of nitrogens with one attached hydrogen (secondary N) is 1. The van der Waals surface area contributed by atoms with E-state index in [-0.39, 0.29) is 35.6 Å². The van der Waals surface area contributed by atoms with Gasteiger partial charge in [0.05, 0.1) is 27.5 Å². The molecule has 0 radical (unpaired) electrons. The van der Waals surface area contributed by atoms with E-state index >= 15 is 0 Å². The number of sulfone groups is 1. The van der Waals surface area contributed by atoms with E-state index in [4.69, 9.17) is 0 Å². The minimum absolute atomic E-state index is 0.00758. The van der Waals surface area contributed by atoms with Gasteiger partial charge in [0.2, 0.25) is 5.95 Å². The first kappa shape index (κ1) is 26.5. The largest absolute Gasteiger partial charge is 0.419 e. The Morgan fingerprint density at radius 2 is 1.73 bits per heavy atom. The van der Waals surface area contributed by atoms with E-state index in [2.05, 4.69) is 20.3 Å². The SMILES string of the molecule is CCS(=O)(=O)c1ccc(CNC(=O)c2cnc3c(c2)CN(c2ncc(C(F)(F)F)cn2)CC3(C)C)cc1. The molecule has 8 nitrogen and oxygen atoms in total. The maximum Gasteiger partial charge on any atom is 0.419 e. The maximum atomic E-state index is 12.9. The van der Waals surface area contributed by atoms with Gasteiger partial charge in [0.1, 0.15) is 0 Å². The van der Waals surface area contributed by atoms with Gasteiger partial charge in [-0.2, -0.15) is 13.2 Å². The van der Waals surface area contributed by atoms with Crippen molar-refractivity contribution in [2.75, 3.05) is 17.2 Å². The number of amides is 1. The normalized spacial score (nSPS) is 15.2. The summed E-state index contributed by atoms with van der Waals surface area (Å²) >= 11 is 0. The van der Waals surface area contributed by atoms with Crippen molar-refractivity contribution in [2.45, 2.75) is 50.3 Å². The van der Waals surface area contributed by atoms with E-state index < -0.39 is 27.0 Å². The van der Waals surface area contributed by atoms with E-state index in [9.17, 15) is 26.4 Å². The average molecular weight is 534 g/mol. The number of pyridine rings is 1. The number of hydrogen-bond donors (Lipinski definition) is 1. The Balaban J connectivity index is 1.49.